The maximum Gasteiger partial charge on any atom is 0.312 e. The zero-order valence-corrected chi connectivity index (χ0v) is 21.3. The van der Waals surface area contributed by atoms with Gasteiger partial charge in [0, 0.05) is 30.9 Å². The summed E-state index contributed by atoms with van der Waals surface area (Å²) in [4.78, 5) is 28.1. The molecule has 0 aliphatic rings. The first-order valence-electron chi connectivity index (χ1n) is 11.5. The van der Waals surface area contributed by atoms with Gasteiger partial charge in [-0.05, 0) is 19.7 Å². The zero-order chi connectivity index (χ0) is 27.6. The van der Waals surface area contributed by atoms with E-state index in [1.807, 2.05) is 0 Å². The Bertz CT molecular complexity index is 714. The fourth-order valence-corrected chi connectivity index (χ4v) is 2.62. The number of carbonyl (C=O) groups is 2. The summed E-state index contributed by atoms with van der Waals surface area (Å²) in [5.74, 6) is -2.14. The van der Waals surface area contributed by atoms with Crippen LogP contribution in [-0.4, -0.2) is 115 Å². The molecular formula is C23H42N4O9. The lowest BCUT2D eigenvalue weighted by Crippen LogP contribution is -2.57. The molecule has 0 aliphatic heterocycles. The van der Waals surface area contributed by atoms with Gasteiger partial charge in [0.1, 0.15) is 0 Å². The molecule has 0 aromatic rings. The normalized spacial score (nSPS) is 14.5. The van der Waals surface area contributed by atoms with E-state index in [1.54, 1.807) is 32.9 Å². The highest BCUT2D eigenvalue weighted by molar-refractivity contribution is 5.80. The van der Waals surface area contributed by atoms with Crippen molar-refractivity contribution in [1.29, 1.82) is 0 Å². The number of carbonyl (C=O) groups excluding carboxylic acids is 2. The van der Waals surface area contributed by atoms with Gasteiger partial charge in [-0.3, -0.25) is 14.6 Å². The number of nitrogens with zero attached hydrogens (tertiary/aromatic N) is 1. The van der Waals surface area contributed by atoms with Crippen LogP contribution < -0.4 is 16.0 Å². The van der Waals surface area contributed by atoms with Crippen LogP contribution in [0, 0.1) is 11.8 Å². The van der Waals surface area contributed by atoms with E-state index in [1.165, 1.54) is 6.20 Å². The van der Waals surface area contributed by atoms with Gasteiger partial charge in [-0.25, -0.2) is 0 Å². The van der Waals surface area contributed by atoms with Crippen molar-refractivity contribution < 1.29 is 44.6 Å². The lowest BCUT2D eigenvalue weighted by atomic mass is 10.0. The number of hydrogen-bond acceptors (Lipinski definition) is 12. The number of aliphatic hydroxyl groups is 5. The molecule has 13 nitrogen and oxygen atoms in total. The van der Waals surface area contributed by atoms with Gasteiger partial charge in [-0.2, -0.15) is 0 Å². The van der Waals surface area contributed by atoms with Gasteiger partial charge in [0.25, 0.3) is 0 Å². The summed E-state index contributed by atoms with van der Waals surface area (Å²) in [6.45, 7) is 5.17. The number of hydrogen-bond donors (Lipinski definition) is 8. The number of ether oxygens (including phenoxy) is 2. The Morgan fingerprint density at radius 3 is 1.97 bits per heavy atom. The van der Waals surface area contributed by atoms with Crippen molar-refractivity contribution in [2.75, 3.05) is 59.5 Å². The molecule has 13 heteroatoms. The molecule has 0 radical (unpaired) electrons. The molecule has 1 amide bonds. The highest BCUT2D eigenvalue weighted by atomic mass is 16.7. The molecule has 0 spiro atoms. The second kappa shape index (κ2) is 18.1. The van der Waals surface area contributed by atoms with E-state index in [9.17, 15) is 35.1 Å². The molecule has 0 saturated heterocycles. The molecule has 2 unspecified atom stereocenters. The van der Waals surface area contributed by atoms with Crippen LogP contribution in [0.3, 0.4) is 0 Å². The number of aliphatic hydroxyl groups excluding tert-OH is 5. The quantitative estimate of drug-likeness (QED) is 0.0281. The summed E-state index contributed by atoms with van der Waals surface area (Å²) in [5, 5.41) is 56.0. The standard InChI is InChI=1S/C23H42N4O9/c1-5-19(6-7-24-4)27-20(33)17(2)8-26-23(13-31,14-32)15-35-16-36-21(34)18(3)9-25-22(10-28,11-29)12-30/h5-7,17-18,25-26,28-32H,4,8-16H2,1-3H3,(H,27,33)/b7-6-,19-5+. The topological polar surface area (TPSA) is 202 Å². The van der Waals surface area contributed by atoms with Gasteiger partial charge < -0.3 is 51.0 Å². The molecule has 0 rings (SSSR count). The summed E-state index contributed by atoms with van der Waals surface area (Å²) in [6.07, 6.45) is 4.72. The number of nitrogens with one attached hydrogen (secondary N) is 3. The average molecular weight is 519 g/mol. The molecule has 0 heterocycles. The Morgan fingerprint density at radius 1 is 0.944 bits per heavy atom. The van der Waals surface area contributed by atoms with Crippen molar-refractivity contribution in [2.24, 2.45) is 16.8 Å². The lowest BCUT2D eigenvalue weighted by Gasteiger charge is -2.32. The van der Waals surface area contributed by atoms with Crippen LogP contribution in [0.15, 0.2) is 29.0 Å². The monoisotopic (exact) mass is 518 g/mol. The fourth-order valence-electron chi connectivity index (χ4n) is 2.62. The number of esters is 1. The number of amides is 1. The second-order valence-electron chi connectivity index (χ2n) is 8.58. The van der Waals surface area contributed by atoms with Crippen molar-refractivity contribution in [3.05, 3.63) is 24.0 Å². The van der Waals surface area contributed by atoms with Crippen LogP contribution in [0.2, 0.25) is 0 Å². The van der Waals surface area contributed by atoms with Gasteiger partial charge in [0.15, 0.2) is 6.79 Å². The summed E-state index contributed by atoms with van der Waals surface area (Å²) in [5.41, 5.74) is -2.06. The molecule has 0 saturated carbocycles. The minimum Gasteiger partial charge on any atom is -0.438 e. The van der Waals surface area contributed by atoms with Crippen LogP contribution in [0.25, 0.3) is 0 Å². The van der Waals surface area contributed by atoms with Crippen molar-refractivity contribution in [3.63, 3.8) is 0 Å². The minimum atomic E-state index is -1.32. The number of rotatable bonds is 20. The first kappa shape index (κ1) is 33.8. The first-order chi connectivity index (χ1) is 17.1. The fraction of sp³-hybridized carbons (Fsp3) is 0.696. The van der Waals surface area contributed by atoms with E-state index in [0.29, 0.717) is 5.70 Å². The molecule has 2 atom stereocenters. The molecular weight excluding hydrogens is 476 g/mol. The Morgan fingerprint density at radius 2 is 1.47 bits per heavy atom. The largest absolute Gasteiger partial charge is 0.438 e. The third kappa shape index (κ3) is 11.7. The predicted molar refractivity (Wildman–Crippen MR) is 133 cm³/mol. The summed E-state index contributed by atoms with van der Waals surface area (Å²) >= 11 is 0. The summed E-state index contributed by atoms with van der Waals surface area (Å²) in [7, 11) is 0. The average Bonchev–Trinajstić information content (AvgIpc) is 2.91. The van der Waals surface area contributed by atoms with Crippen molar-refractivity contribution in [2.45, 2.75) is 31.8 Å². The first-order valence-corrected chi connectivity index (χ1v) is 11.5. The van der Waals surface area contributed by atoms with Crippen LogP contribution in [0.4, 0.5) is 0 Å². The molecule has 0 aromatic heterocycles. The summed E-state index contributed by atoms with van der Waals surface area (Å²) in [6, 6.07) is 0. The molecule has 0 bridgehead atoms. The highest BCUT2D eigenvalue weighted by Crippen LogP contribution is 2.08. The minimum absolute atomic E-state index is 0.0219. The third-order valence-corrected chi connectivity index (χ3v) is 5.53. The van der Waals surface area contributed by atoms with Crippen LogP contribution in [-0.2, 0) is 19.1 Å². The molecule has 0 aliphatic carbocycles. The maximum absolute atomic E-state index is 12.4. The van der Waals surface area contributed by atoms with Crippen LogP contribution >= 0.6 is 0 Å². The van der Waals surface area contributed by atoms with E-state index in [-0.39, 0.29) is 25.6 Å². The van der Waals surface area contributed by atoms with E-state index in [0.717, 1.165) is 0 Å². The molecule has 0 fully saturated rings. The van der Waals surface area contributed by atoms with E-state index in [2.05, 4.69) is 27.7 Å². The predicted octanol–water partition coefficient (Wildman–Crippen LogP) is -2.37. The number of aliphatic imine (C=N–C) groups is 1. The maximum atomic E-state index is 12.4. The van der Waals surface area contributed by atoms with Gasteiger partial charge in [0.2, 0.25) is 5.91 Å². The highest BCUT2D eigenvalue weighted by Gasteiger charge is 2.31. The second-order valence-corrected chi connectivity index (χ2v) is 8.58. The Kier molecular flexibility index (Phi) is 17.0. The van der Waals surface area contributed by atoms with Crippen LogP contribution in [0.5, 0.6) is 0 Å². The van der Waals surface area contributed by atoms with E-state index >= 15 is 0 Å². The van der Waals surface area contributed by atoms with Crippen LogP contribution in [0.1, 0.15) is 20.8 Å². The Balaban J connectivity index is 4.67. The van der Waals surface area contributed by atoms with Crippen molar-refractivity contribution >= 4 is 18.6 Å². The van der Waals surface area contributed by atoms with Gasteiger partial charge >= 0.3 is 5.97 Å². The lowest BCUT2D eigenvalue weighted by molar-refractivity contribution is -0.163. The van der Waals surface area contributed by atoms with E-state index < -0.39 is 68.7 Å². The van der Waals surface area contributed by atoms with Gasteiger partial charge in [0.05, 0.1) is 56.6 Å². The zero-order valence-electron chi connectivity index (χ0n) is 21.3. The van der Waals surface area contributed by atoms with E-state index in [4.69, 9.17) is 9.47 Å². The molecule has 208 valence electrons. The van der Waals surface area contributed by atoms with Crippen molar-refractivity contribution in [3.8, 4) is 0 Å². The molecule has 0 aromatic carbocycles. The van der Waals surface area contributed by atoms with Crippen molar-refractivity contribution in [1.82, 2.24) is 16.0 Å². The number of allylic oxidation sites excluding steroid dienone is 2. The Hall–Kier alpha value is -2.23. The smallest absolute Gasteiger partial charge is 0.312 e. The summed E-state index contributed by atoms with van der Waals surface area (Å²) < 4.78 is 10.4. The van der Waals surface area contributed by atoms with Gasteiger partial charge in [-0.15, -0.1) is 0 Å². The SMILES string of the molecule is C=N/C=C\C(=C/C)NC(=O)C(C)CNC(CO)(CO)COCOC(=O)C(C)CNC(CO)(CO)CO. The third-order valence-electron chi connectivity index (χ3n) is 5.53. The molecule has 8 N–H and O–H groups in total. The van der Waals surface area contributed by atoms with Gasteiger partial charge in [-0.1, -0.05) is 19.9 Å². The molecule has 36 heavy (non-hydrogen) atoms. The Labute approximate surface area is 211 Å².